The van der Waals surface area contributed by atoms with Gasteiger partial charge >= 0.3 is 0 Å². The maximum Gasteiger partial charge on any atom is 0.272 e. The average Bonchev–Trinajstić information content (AvgIpc) is 2.58. The minimum Gasteiger partial charge on any atom is -0.504 e. The molecule has 114 valence electrons. The van der Waals surface area contributed by atoms with E-state index < -0.39 is 0 Å². The maximum atomic E-state index is 12.2. The molecule has 3 aromatic rings. The molecule has 0 unspecified atom stereocenters. The molecule has 2 aromatic carbocycles. The summed E-state index contributed by atoms with van der Waals surface area (Å²) in [5.74, 6) is -0.931. The van der Waals surface area contributed by atoms with Gasteiger partial charge in [-0.3, -0.25) is 9.78 Å². The van der Waals surface area contributed by atoms with Crippen LogP contribution in [-0.4, -0.2) is 27.3 Å². The molecular formula is C17H13N3O3. The summed E-state index contributed by atoms with van der Waals surface area (Å²) in [5, 5.41) is 23.6. The number of pyridine rings is 1. The van der Waals surface area contributed by atoms with Crippen LogP contribution in [0.2, 0.25) is 0 Å². The minimum atomic E-state index is -0.389. The molecule has 0 fully saturated rings. The molecule has 6 nitrogen and oxygen atoms in total. The fraction of sp³-hybridized carbons (Fsp3) is 0. The highest BCUT2D eigenvalue weighted by Gasteiger charge is 2.09. The van der Waals surface area contributed by atoms with Gasteiger partial charge in [0.15, 0.2) is 11.5 Å². The Hall–Kier alpha value is -3.41. The Labute approximate surface area is 131 Å². The van der Waals surface area contributed by atoms with Crippen molar-refractivity contribution in [2.75, 3.05) is 0 Å². The Morgan fingerprint density at radius 1 is 1.09 bits per heavy atom. The first-order valence-corrected chi connectivity index (χ1v) is 6.85. The van der Waals surface area contributed by atoms with E-state index in [9.17, 15) is 15.0 Å². The number of hydrazone groups is 1. The summed E-state index contributed by atoms with van der Waals surface area (Å²) >= 11 is 0. The third kappa shape index (κ3) is 2.96. The lowest BCUT2D eigenvalue weighted by molar-refractivity contribution is 0.0956. The van der Waals surface area contributed by atoms with Crippen LogP contribution < -0.4 is 5.43 Å². The highest BCUT2D eigenvalue weighted by Crippen LogP contribution is 2.26. The number of carbonyl (C=O) groups excluding carboxylic acids is 1. The molecule has 0 spiro atoms. The first-order chi connectivity index (χ1) is 11.2. The lowest BCUT2D eigenvalue weighted by Crippen LogP contribution is -2.18. The lowest BCUT2D eigenvalue weighted by atomic mass is 10.1. The van der Waals surface area contributed by atoms with Crippen LogP contribution in [0.5, 0.6) is 11.5 Å². The fourth-order valence-corrected chi connectivity index (χ4v) is 2.17. The van der Waals surface area contributed by atoms with Gasteiger partial charge in [0.2, 0.25) is 0 Å². The third-order valence-electron chi connectivity index (χ3n) is 3.31. The van der Waals surface area contributed by atoms with Crippen LogP contribution in [0, 0.1) is 0 Å². The van der Waals surface area contributed by atoms with Gasteiger partial charge in [0, 0.05) is 17.1 Å². The Kier molecular flexibility index (Phi) is 3.88. The van der Waals surface area contributed by atoms with Crippen LogP contribution in [0.3, 0.4) is 0 Å². The standard InChI is InChI=1S/C17H13N3O3/c21-15-7-3-4-11(16(15)22)10-19-20-17(23)13-8-9-18-14-6-2-1-5-12(13)14/h1-10,21-22H,(H,20,23)/b19-10+. The summed E-state index contributed by atoms with van der Waals surface area (Å²) in [4.78, 5) is 16.4. The molecule has 23 heavy (non-hydrogen) atoms. The number of aromatic hydroxyl groups is 2. The number of hydrogen-bond acceptors (Lipinski definition) is 5. The van der Waals surface area contributed by atoms with Crippen LogP contribution in [0.1, 0.15) is 15.9 Å². The van der Waals surface area contributed by atoms with E-state index in [1.807, 2.05) is 24.3 Å². The highest BCUT2D eigenvalue weighted by molar-refractivity contribution is 6.06. The van der Waals surface area contributed by atoms with Gasteiger partial charge < -0.3 is 10.2 Å². The number of nitrogens with one attached hydrogen (secondary N) is 1. The predicted octanol–water partition coefficient (Wildman–Crippen LogP) is 2.41. The SMILES string of the molecule is O=C(N/N=C/c1cccc(O)c1O)c1ccnc2ccccc12. The number of aromatic nitrogens is 1. The van der Waals surface area contributed by atoms with E-state index in [4.69, 9.17) is 0 Å². The van der Waals surface area contributed by atoms with Gasteiger partial charge in [-0.05, 0) is 24.3 Å². The molecule has 3 rings (SSSR count). The van der Waals surface area contributed by atoms with Crippen LogP contribution in [0.4, 0.5) is 0 Å². The van der Waals surface area contributed by atoms with E-state index in [0.717, 1.165) is 10.9 Å². The topological polar surface area (TPSA) is 94.8 Å². The smallest absolute Gasteiger partial charge is 0.272 e. The predicted molar refractivity (Wildman–Crippen MR) is 86.6 cm³/mol. The maximum absolute atomic E-state index is 12.2. The van der Waals surface area contributed by atoms with Gasteiger partial charge in [0.25, 0.3) is 5.91 Å². The van der Waals surface area contributed by atoms with Crippen molar-refractivity contribution in [3.05, 3.63) is 65.9 Å². The molecule has 0 bridgehead atoms. The zero-order valence-electron chi connectivity index (χ0n) is 12.0. The Morgan fingerprint density at radius 2 is 1.91 bits per heavy atom. The molecule has 6 heteroatoms. The number of nitrogens with zero attached hydrogens (tertiary/aromatic N) is 2. The van der Waals surface area contributed by atoms with Crippen molar-refractivity contribution >= 4 is 23.0 Å². The molecule has 0 saturated carbocycles. The number of carbonyl (C=O) groups is 1. The van der Waals surface area contributed by atoms with E-state index in [1.54, 1.807) is 24.4 Å². The van der Waals surface area contributed by atoms with Gasteiger partial charge in [0.05, 0.1) is 17.3 Å². The highest BCUT2D eigenvalue weighted by atomic mass is 16.3. The molecule has 1 aromatic heterocycles. The molecule has 0 aliphatic carbocycles. The summed E-state index contributed by atoms with van der Waals surface area (Å²) in [6.07, 6.45) is 2.82. The van der Waals surface area contributed by atoms with Gasteiger partial charge in [-0.2, -0.15) is 5.10 Å². The number of rotatable bonds is 3. The molecular weight excluding hydrogens is 294 g/mol. The van der Waals surface area contributed by atoms with Crippen LogP contribution in [-0.2, 0) is 0 Å². The molecule has 1 amide bonds. The molecule has 0 saturated heterocycles. The zero-order valence-corrected chi connectivity index (χ0v) is 12.0. The fourth-order valence-electron chi connectivity index (χ4n) is 2.17. The van der Waals surface area contributed by atoms with E-state index in [-0.39, 0.29) is 17.4 Å². The summed E-state index contributed by atoms with van der Waals surface area (Å²) < 4.78 is 0. The van der Waals surface area contributed by atoms with Crippen molar-refractivity contribution in [1.29, 1.82) is 0 Å². The second-order valence-corrected chi connectivity index (χ2v) is 4.79. The normalized spacial score (nSPS) is 11.0. The molecule has 0 atom stereocenters. The number of phenols is 2. The Balaban J connectivity index is 1.81. The number of amides is 1. The quantitative estimate of drug-likeness (QED) is 0.393. The van der Waals surface area contributed by atoms with Gasteiger partial charge in [-0.1, -0.05) is 24.3 Å². The summed E-state index contributed by atoms with van der Waals surface area (Å²) in [5.41, 5.74) is 3.86. The third-order valence-corrected chi connectivity index (χ3v) is 3.31. The van der Waals surface area contributed by atoms with Crippen molar-refractivity contribution in [2.24, 2.45) is 5.10 Å². The van der Waals surface area contributed by atoms with E-state index in [0.29, 0.717) is 11.1 Å². The van der Waals surface area contributed by atoms with Crippen molar-refractivity contribution < 1.29 is 15.0 Å². The lowest BCUT2D eigenvalue weighted by Gasteiger charge is -2.04. The molecule has 0 radical (unpaired) electrons. The summed E-state index contributed by atoms with van der Waals surface area (Å²) in [6.45, 7) is 0. The Morgan fingerprint density at radius 3 is 2.78 bits per heavy atom. The van der Waals surface area contributed by atoms with E-state index in [2.05, 4.69) is 15.5 Å². The molecule has 3 N–H and O–H groups in total. The molecule has 1 heterocycles. The van der Waals surface area contributed by atoms with Crippen LogP contribution >= 0.6 is 0 Å². The minimum absolute atomic E-state index is 0.250. The second-order valence-electron chi connectivity index (χ2n) is 4.79. The number of benzene rings is 2. The van der Waals surface area contributed by atoms with Gasteiger partial charge in [-0.15, -0.1) is 0 Å². The van der Waals surface area contributed by atoms with Crippen LogP contribution in [0.25, 0.3) is 10.9 Å². The number of phenolic OH excluding ortho intramolecular Hbond substituents is 2. The van der Waals surface area contributed by atoms with Crippen molar-refractivity contribution in [2.45, 2.75) is 0 Å². The van der Waals surface area contributed by atoms with E-state index in [1.165, 1.54) is 12.3 Å². The van der Waals surface area contributed by atoms with E-state index >= 15 is 0 Å². The Bertz CT molecular complexity index is 901. The monoisotopic (exact) mass is 307 g/mol. The first kappa shape index (κ1) is 14.5. The van der Waals surface area contributed by atoms with Gasteiger partial charge in [0.1, 0.15) is 0 Å². The van der Waals surface area contributed by atoms with Crippen LogP contribution in [0.15, 0.2) is 59.8 Å². The second kappa shape index (κ2) is 6.15. The van der Waals surface area contributed by atoms with Crippen molar-refractivity contribution in [3.8, 4) is 11.5 Å². The van der Waals surface area contributed by atoms with Crippen molar-refractivity contribution in [1.82, 2.24) is 10.4 Å². The largest absolute Gasteiger partial charge is 0.504 e. The van der Waals surface area contributed by atoms with Crippen molar-refractivity contribution in [3.63, 3.8) is 0 Å². The summed E-state index contributed by atoms with van der Waals surface area (Å²) in [6, 6.07) is 13.4. The first-order valence-electron chi connectivity index (χ1n) is 6.85. The molecule has 0 aliphatic rings. The number of hydrogen-bond donors (Lipinski definition) is 3. The summed E-state index contributed by atoms with van der Waals surface area (Å²) in [7, 11) is 0. The zero-order chi connectivity index (χ0) is 16.2. The number of para-hydroxylation sites is 2. The average molecular weight is 307 g/mol. The molecule has 0 aliphatic heterocycles. The van der Waals surface area contributed by atoms with Gasteiger partial charge in [-0.25, -0.2) is 5.43 Å². The number of fused-ring (bicyclic) bond motifs is 1.